The number of primary amides is 1. The molecule has 70 valence electrons. The number of carbonyl (C=O) groups is 1. The van der Waals surface area contributed by atoms with Crippen LogP contribution in [-0.2, 0) is 0 Å². The van der Waals surface area contributed by atoms with Crippen LogP contribution in [0.3, 0.4) is 0 Å². The van der Waals surface area contributed by atoms with Gasteiger partial charge < -0.3 is 5.73 Å². The minimum Gasteiger partial charge on any atom is -0.350 e. The third kappa shape index (κ3) is 2.95. The molecule has 4 nitrogen and oxygen atoms in total. The highest BCUT2D eigenvalue weighted by atomic mass is 79.9. The Labute approximate surface area is 84.6 Å². The van der Waals surface area contributed by atoms with Crippen molar-refractivity contribution in [2.24, 2.45) is 5.73 Å². The zero-order valence-corrected chi connectivity index (χ0v) is 8.68. The van der Waals surface area contributed by atoms with E-state index in [1.54, 1.807) is 0 Å². The number of rotatable bonds is 2. The Hall–Kier alpha value is -1.23. The van der Waals surface area contributed by atoms with E-state index in [9.17, 15) is 4.79 Å². The third-order valence-corrected chi connectivity index (χ3v) is 2.38. The van der Waals surface area contributed by atoms with Gasteiger partial charge in [-0.3, -0.25) is 10.9 Å². The van der Waals surface area contributed by atoms with Gasteiger partial charge in [0.2, 0.25) is 0 Å². The number of carbonyl (C=O) groups excluding carboxylic acids is 1. The highest BCUT2D eigenvalue weighted by molar-refractivity contribution is 9.10. The summed E-state index contributed by atoms with van der Waals surface area (Å²) >= 11 is 3.37. The van der Waals surface area contributed by atoms with E-state index in [-0.39, 0.29) is 0 Å². The van der Waals surface area contributed by atoms with Crippen LogP contribution >= 0.6 is 15.9 Å². The van der Waals surface area contributed by atoms with Crippen LogP contribution in [0.2, 0.25) is 0 Å². The Morgan fingerprint density at radius 3 is 2.77 bits per heavy atom. The molecule has 5 heteroatoms. The van der Waals surface area contributed by atoms with Gasteiger partial charge in [0.05, 0.1) is 5.69 Å². The van der Waals surface area contributed by atoms with Crippen molar-refractivity contribution in [2.45, 2.75) is 6.92 Å². The van der Waals surface area contributed by atoms with Crippen LogP contribution in [0.1, 0.15) is 5.56 Å². The normalized spacial score (nSPS) is 9.38. The third-order valence-electron chi connectivity index (χ3n) is 1.49. The average molecular weight is 244 g/mol. The molecule has 13 heavy (non-hydrogen) atoms. The summed E-state index contributed by atoms with van der Waals surface area (Å²) in [7, 11) is 0. The summed E-state index contributed by atoms with van der Waals surface area (Å²) in [5.41, 5.74) is 11.7. The number of anilines is 1. The molecule has 0 heterocycles. The SMILES string of the molecule is Cc1cc(NNC(N)=O)ccc1Br. The molecule has 0 fully saturated rings. The van der Waals surface area contributed by atoms with Gasteiger partial charge in [-0.05, 0) is 30.7 Å². The number of nitrogens with one attached hydrogen (secondary N) is 2. The molecule has 0 bridgehead atoms. The quantitative estimate of drug-likeness (QED) is 0.694. The fourth-order valence-corrected chi connectivity index (χ4v) is 1.10. The molecule has 0 atom stereocenters. The number of nitrogens with two attached hydrogens (primary N) is 1. The first kappa shape index (κ1) is 9.85. The summed E-state index contributed by atoms with van der Waals surface area (Å²) in [6, 6.07) is 4.99. The van der Waals surface area contributed by atoms with Crippen molar-refractivity contribution in [3.05, 3.63) is 28.2 Å². The van der Waals surface area contributed by atoms with Crippen molar-refractivity contribution in [3.8, 4) is 0 Å². The molecule has 0 saturated heterocycles. The van der Waals surface area contributed by atoms with Gasteiger partial charge in [0.15, 0.2) is 0 Å². The van der Waals surface area contributed by atoms with Crippen LogP contribution in [0.25, 0.3) is 0 Å². The summed E-state index contributed by atoms with van der Waals surface area (Å²) in [5, 5.41) is 0. The maximum atomic E-state index is 10.4. The lowest BCUT2D eigenvalue weighted by molar-refractivity contribution is 0.250. The van der Waals surface area contributed by atoms with Crippen molar-refractivity contribution in [3.63, 3.8) is 0 Å². The molecule has 1 aromatic rings. The molecular formula is C8H10BrN3O. The van der Waals surface area contributed by atoms with Gasteiger partial charge in [0.1, 0.15) is 0 Å². The zero-order valence-electron chi connectivity index (χ0n) is 7.10. The summed E-state index contributed by atoms with van der Waals surface area (Å²) < 4.78 is 1.03. The smallest absolute Gasteiger partial charge is 0.330 e. The molecule has 0 aromatic heterocycles. The number of benzene rings is 1. The number of hydrogen-bond acceptors (Lipinski definition) is 2. The van der Waals surface area contributed by atoms with Crippen LogP contribution in [0.4, 0.5) is 10.5 Å². The standard InChI is InChI=1S/C8H10BrN3O/c1-5-4-6(2-3-7(5)9)11-12-8(10)13/h2-4,11H,1H3,(H3,10,12,13). The van der Waals surface area contributed by atoms with E-state index in [1.165, 1.54) is 0 Å². The predicted molar refractivity (Wildman–Crippen MR) is 55.2 cm³/mol. The van der Waals surface area contributed by atoms with Crippen LogP contribution in [-0.4, -0.2) is 6.03 Å². The largest absolute Gasteiger partial charge is 0.350 e. The van der Waals surface area contributed by atoms with Gasteiger partial charge in [-0.2, -0.15) is 0 Å². The highest BCUT2D eigenvalue weighted by Gasteiger charge is 1.96. The van der Waals surface area contributed by atoms with E-state index in [0.717, 1.165) is 15.7 Å². The fraction of sp³-hybridized carbons (Fsp3) is 0.125. The Bertz CT molecular complexity index is 327. The van der Waals surface area contributed by atoms with E-state index in [4.69, 9.17) is 5.73 Å². The van der Waals surface area contributed by atoms with Gasteiger partial charge in [-0.25, -0.2) is 4.79 Å². The van der Waals surface area contributed by atoms with Crippen molar-refractivity contribution in [2.75, 3.05) is 5.43 Å². The lowest BCUT2D eigenvalue weighted by Gasteiger charge is -2.07. The zero-order chi connectivity index (χ0) is 9.84. The monoisotopic (exact) mass is 243 g/mol. The van der Waals surface area contributed by atoms with Gasteiger partial charge in [0, 0.05) is 4.47 Å². The molecule has 4 N–H and O–H groups in total. The lowest BCUT2D eigenvalue weighted by atomic mass is 10.2. The van der Waals surface area contributed by atoms with Gasteiger partial charge >= 0.3 is 6.03 Å². The lowest BCUT2D eigenvalue weighted by Crippen LogP contribution is -2.34. The summed E-state index contributed by atoms with van der Waals surface area (Å²) in [6.45, 7) is 1.96. The van der Waals surface area contributed by atoms with Crippen LogP contribution < -0.4 is 16.6 Å². The van der Waals surface area contributed by atoms with Crippen molar-refractivity contribution in [1.82, 2.24) is 5.43 Å². The summed E-state index contributed by atoms with van der Waals surface area (Å²) in [5.74, 6) is 0. The second kappa shape index (κ2) is 4.13. The Balaban J connectivity index is 2.68. The number of halogens is 1. The van der Waals surface area contributed by atoms with Crippen LogP contribution in [0, 0.1) is 6.92 Å². The van der Waals surface area contributed by atoms with Gasteiger partial charge in [-0.15, -0.1) is 0 Å². The second-order valence-electron chi connectivity index (χ2n) is 2.58. The average Bonchev–Trinajstić information content (AvgIpc) is 2.07. The molecule has 1 aromatic carbocycles. The van der Waals surface area contributed by atoms with Crippen LogP contribution in [0.5, 0.6) is 0 Å². The Kier molecular flexibility index (Phi) is 3.13. The number of amides is 2. The number of hydrogen-bond donors (Lipinski definition) is 3. The minimum atomic E-state index is -0.611. The maximum Gasteiger partial charge on any atom is 0.330 e. The number of hydrazine groups is 1. The first-order valence-electron chi connectivity index (χ1n) is 3.67. The topological polar surface area (TPSA) is 67.2 Å². The van der Waals surface area contributed by atoms with Gasteiger partial charge in [0.25, 0.3) is 0 Å². The predicted octanol–water partition coefficient (Wildman–Crippen LogP) is 1.75. The second-order valence-corrected chi connectivity index (χ2v) is 3.43. The molecule has 0 unspecified atom stereocenters. The van der Waals surface area contributed by atoms with E-state index in [0.29, 0.717) is 0 Å². The van der Waals surface area contributed by atoms with E-state index < -0.39 is 6.03 Å². The fourth-order valence-electron chi connectivity index (χ4n) is 0.856. The molecular weight excluding hydrogens is 234 g/mol. The molecule has 0 spiro atoms. The van der Waals surface area contributed by atoms with E-state index in [1.807, 2.05) is 25.1 Å². The molecule has 0 radical (unpaired) electrons. The Morgan fingerprint density at radius 2 is 2.23 bits per heavy atom. The van der Waals surface area contributed by atoms with Crippen LogP contribution in [0.15, 0.2) is 22.7 Å². The number of urea groups is 1. The molecule has 0 aliphatic carbocycles. The summed E-state index contributed by atoms with van der Waals surface area (Å²) in [6.07, 6.45) is 0. The molecule has 1 rings (SSSR count). The minimum absolute atomic E-state index is 0.611. The molecule has 0 aliphatic heterocycles. The highest BCUT2D eigenvalue weighted by Crippen LogP contribution is 2.19. The van der Waals surface area contributed by atoms with Crippen molar-refractivity contribution in [1.29, 1.82) is 0 Å². The molecule has 2 amide bonds. The summed E-state index contributed by atoms with van der Waals surface area (Å²) in [4.78, 5) is 10.4. The molecule has 0 aliphatic rings. The van der Waals surface area contributed by atoms with Crippen molar-refractivity contribution < 1.29 is 4.79 Å². The first-order valence-corrected chi connectivity index (χ1v) is 4.46. The first-order chi connectivity index (χ1) is 6.09. The van der Waals surface area contributed by atoms with E-state index in [2.05, 4.69) is 26.8 Å². The van der Waals surface area contributed by atoms with Crippen molar-refractivity contribution >= 4 is 27.6 Å². The number of aryl methyl sites for hydroxylation is 1. The van der Waals surface area contributed by atoms with Gasteiger partial charge in [-0.1, -0.05) is 15.9 Å². The van der Waals surface area contributed by atoms with E-state index >= 15 is 0 Å². The Morgan fingerprint density at radius 1 is 1.54 bits per heavy atom. The maximum absolute atomic E-state index is 10.4. The molecule has 0 saturated carbocycles.